The van der Waals surface area contributed by atoms with Gasteiger partial charge in [0.25, 0.3) is 5.91 Å². The second-order valence-corrected chi connectivity index (χ2v) is 9.42. The fourth-order valence-electron chi connectivity index (χ4n) is 3.24. The molecule has 3 heterocycles. The predicted molar refractivity (Wildman–Crippen MR) is 121 cm³/mol. The van der Waals surface area contributed by atoms with E-state index < -0.39 is 17.7 Å². The molecule has 0 fully saturated rings. The Bertz CT molecular complexity index is 1520. The molecule has 0 saturated heterocycles. The minimum absolute atomic E-state index is 0.207. The molecular formula is C21H12ClN5O3S2. The maximum Gasteiger partial charge on any atom is 0.266 e. The highest BCUT2D eigenvalue weighted by atomic mass is 35.5. The highest BCUT2D eigenvalue weighted by Gasteiger charge is 2.34. The summed E-state index contributed by atoms with van der Waals surface area (Å²) in [4.78, 5) is 34.2. The highest BCUT2D eigenvalue weighted by molar-refractivity contribution is 8.01. The van der Waals surface area contributed by atoms with E-state index in [0.717, 1.165) is 27.1 Å². The van der Waals surface area contributed by atoms with Crippen molar-refractivity contribution in [1.82, 2.24) is 15.2 Å². The Labute approximate surface area is 193 Å². The van der Waals surface area contributed by atoms with Gasteiger partial charge in [0.05, 0.1) is 10.9 Å². The largest absolute Gasteiger partial charge is 0.510 e. The number of aliphatic hydroxyl groups excluding tert-OH is 1. The summed E-state index contributed by atoms with van der Waals surface area (Å²) in [6.07, 6.45) is 1.68. The monoisotopic (exact) mass is 481 g/mol. The van der Waals surface area contributed by atoms with E-state index in [1.807, 2.05) is 12.1 Å². The molecule has 2 N–H and O–H groups in total. The number of para-hydroxylation sites is 1. The molecule has 1 aliphatic rings. The average molecular weight is 482 g/mol. The van der Waals surface area contributed by atoms with E-state index in [1.165, 1.54) is 11.8 Å². The minimum Gasteiger partial charge on any atom is -0.510 e. The SMILES string of the molecule is O=C1N=c2ccccc2=C(O)C1C(=O)Nc1nnc(Sc2ccnc3cc(Cl)ccc23)s1. The van der Waals surface area contributed by atoms with Crippen LogP contribution in [0.3, 0.4) is 0 Å². The normalized spacial score (nSPS) is 15.3. The third-order valence-electron chi connectivity index (χ3n) is 4.69. The van der Waals surface area contributed by atoms with Crippen LogP contribution in [0, 0.1) is 5.92 Å². The number of aliphatic hydroxyl groups is 1. The summed E-state index contributed by atoms with van der Waals surface area (Å²) in [5.74, 6) is -3.22. The molecule has 1 atom stereocenters. The molecule has 1 aliphatic heterocycles. The van der Waals surface area contributed by atoms with Crippen LogP contribution in [-0.2, 0) is 9.59 Å². The standard InChI is InChI=1S/C21H12ClN5O3S2/c22-10-5-6-11-14(9-10)23-8-7-15(11)31-21-27-26-20(32-21)25-19(30)16-17(28)12-3-1-2-4-13(12)24-18(16)29/h1-9,16,28H,(H,25,26,30). The average Bonchev–Trinajstić information content (AvgIpc) is 3.20. The van der Waals surface area contributed by atoms with Gasteiger partial charge in [0.2, 0.25) is 11.0 Å². The van der Waals surface area contributed by atoms with Crippen molar-refractivity contribution in [1.29, 1.82) is 0 Å². The van der Waals surface area contributed by atoms with Gasteiger partial charge < -0.3 is 5.11 Å². The first-order valence-electron chi connectivity index (χ1n) is 9.27. The van der Waals surface area contributed by atoms with Gasteiger partial charge in [-0.1, -0.05) is 52.9 Å². The van der Waals surface area contributed by atoms with E-state index in [-0.39, 0.29) is 10.9 Å². The number of carbonyl (C=O) groups is 2. The van der Waals surface area contributed by atoms with Gasteiger partial charge in [-0.3, -0.25) is 19.9 Å². The van der Waals surface area contributed by atoms with Crippen molar-refractivity contribution in [2.24, 2.45) is 10.9 Å². The van der Waals surface area contributed by atoms with Gasteiger partial charge in [0, 0.05) is 26.7 Å². The van der Waals surface area contributed by atoms with Gasteiger partial charge >= 0.3 is 0 Å². The molecule has 5 rings (SSSR count). The fraction of sp³-hybridized carbons (Fsp3) is 0.0476. The first-order valence-corrected chi connectivity index (χ1v) is 11.3. The van der Waals surface area contributed by atoms with Crippen molar-refractivity contribution in [2.75, 3.05) is 5.32 Å². The molecule has 4 aromatic rings. The number of amides is 2. The molecule has 2 amide bonds. The summed E-state index contributed by atoms with van der Waals surface area (Å²) in [5.41, 5.74) is 0.756. The third-order valence-corrected chi connectivity index (χ3v) is 6.89. The van der Waals surface area contributed by atoms with Gasteiger partial charge in [-0.25, -0.2) is 4.99 Å². The quantitative estimate of drug-likeness (QED) is 0.340. The van der Waals surface area contributed by atoms with Crippen LogP contribution in [0.1, 0.15) is 0 Å². The summed E-state index contributed by atoms with van der Waals surface area (Å²) < 4.78 is 0.584. The second kappa shape index (κ2) is 8.30. The third kappa shape index (κ3) is 3.83. The molecule has 1 unspecified atom stereocenters. The molecular weight excluding hydrogens is 470 g/mol. The highest BCUT2D eigenvalue weighted by Crippen LogP contribution is 2.36. The number of carbonyl (C=O) groups excluding carboxylic acids is 2. The number of hydrogen-bond donors (Lipinski definition) is 2. The lowest BCUT2D eigenvalue weighted by Gasteiger charge is -2.14. The Kier molecular flexibility index (Phi) is 5.33. The van der Waals surface area contributed by atoms with Crippen LogP contribution in [0.2, 0.25) is 5.02 Å². The number of halogens is 1. The molecule has 2 aromatic heterocycles. The molecule has 158 valence electrons. The Morgan fingerprint density at radius 3 is 2.88 bits per heavy atom. The first kappa shape index (κ1) is 20.6. The summed E-state index contributed by atoms with van der Waals surface area (Å²) in [6.45, 7) is 0. The maximum absolute atomic E-state index is 12.7. The number of nitrogens with one attached hydrogen (secondary N) is 1. The number of fused-ring (bicyclic) bond motifs is 2. The number of nitrogens with zero attached hydrogens (tertiary/aromatic N) is 4. The van der Waals surface area contributed by atoms with Gasteiger partial charge in [-0.05, 0) is 30.3 Å². The fourth-order valence-corrected chi connectivity index (χ4v) is 5.24. The Morgan fingerprint density at radius 1 is 1.16 bits per heavy atom. The lowest BCUT2D eigenvalue weighted by Crippen LogP contribution is -2.42. The molecule has 8 nitrogen and oxygen atoms in total. The van der Waals surface area contributed by atoms with E-state index in [0.29, 0.717) is 19.9 Å². The van der Waals surface area contributed by atoms with E-state index in [1.54, 1.807) is 42.6 Å². The van der Waals surface area contributed by atoms with Crippen molar-refractivity contribution in [2.45, 2.75) is 9.24 Å². The number of rotatable bonds is 4. The number of aromatic nitrogens is 3. The number of pyridine rings is 1. The smallest absolute Gasteiger partial charge is 0.266 e. The lowest BCUT2D eigenvalue weighted by atomic mass is 10.0. The Balaban J connectivity index is 1.37. The zero-order valence-corrected chi connectivity index (χ0v) is 18.4. The molecule has 2 aromatic carbocycles. The summed E-state index contributed by atoms with van der Waals surface area (Å²) in [5, 5.41) is 23.5. The minimum atomic E-state index is -1.43. The molecule has 0 radical (unpaired) electrons. The molecule has 32 heavy (non-hydrogen) atoms. The van der Waals surface area contributed by atoms with Gasteiger partial charge in [-0.15, -0.1) is 10.2 Å². The van der Waals surface area contributed by atoms with Crippen molar-refractivity contribution in [3.63, 3.8) is 0 Å². The molecule has 0 bridgehead atoms. The zero-order chi connectivity index (χ0) is 22.2. The predicted octanol–water partition coefficient (Wildman–Crippen LogP) is 2.97. The van der Waals surface area contributed by atoms with Crippen LogP contribution < -0.4 is 15.9 Å². The summed E-state index contributed by atoms with van der Waals surface area (Å²) in [6, 6.07) is 13.9. The van der Waals surface area contributed by atoms with Crippen LogP contribution >= 0.6 is 34.7 Å². The van der Waals surface area contributed by atoms with Gasteiger partial charge in [0.1, 0.15) is 5.76 Å². The molecule has 0 saturated carbocycles. The second-order valence-electron chi connectivity index (χ2n) is 6.72. The van der Waals surface area contributed by atoms with Crippen LogP contribution in [0.25, 0.3) is 16.7 Å². The van der Waals surface area contributed by atoms with E-state index >= 15 is 0 Å². The summed E-state index contributed by atoms with van der Waals surface area (Å²) in [7, 11) is 0. The number of benzene rings is 2. The lowest BCUT2D eigenvalue weighted by molar-refractivity contribution is -0.128. The Morgan fingerprint density at radius 2 is 2.00 bits per heavy atom. The van der Waals surface area contributed by atoms with Crippen LogP contribution in [0.15, 0.2) is 69.0 Å². The van der Waals surface area contributed by atoms with Gasteiger partial charge in [-0.2, -0.15) is 0 Å². The van der Waals surface area contributed by atoms with Crippen molar-refractivity contribution in [3.8, 4) is 0 Å². The van der Waals surface area contributed by atoms with Crippen LogP contribution in [0.5, 0.6) is 0 Å². The topological polar surface area (TPSA) is 117 Å². The molecule has 0 aliphatic carbocycles. The van der Waals surface area contributed by atoms with E-state index in [4.69, 9.17) is 11.6 Å². The van der Waals surface area contributed by atoms with Gasteiger partial charge in [0.15, 0.2) is 10.3 Å². The molecule has 11 heteroatoms. The number of hydrogen-bond acceptors (Lipinski definition) is 8. The van der Waals surface area contributed by atoms with Crippen LogP contribution in [-0.4, -0.2) is 32.1 Å². The Hall–Kier alpha value is -3.34. The zero-order valence-electron chi connectivity index (χ0n) is 16.0. The van der Waals surface area contributed by atoms with E-state index in [9.17, 15) is 14.7 Å². The summed E-state index contributed by atoms with van der Waals surface area (Å²) >= 11 is 8.56. The van der Waals surface area contributed by atoms with Crippen molar-refractivity contribution in [3.05, 3.63) is 70.3 Å². The van der Waals surface area contributed by atoms with Crippen LogP contribution in [0.4, 0.5) is 5.13 Å². The number of anilines is 1. The maximum atomic E-state index is 12.7. The van der Waals surface area contributed by atoms with Crippen molar-refractivity contribution < 1.29 is 14.7 Å². The van der Waals surface area contributed by atoms with E-state index in [2.05, 4.69) is 25.5 Å². The van der Waals surface area contributed by atoms with Crippen molar-refractivity contribution >= 4 is 68.3 Å². The molecule has 0 spiro atoms. The first-order chi connectivity index (χ1) is 15.5.